The lowest BCUT2D eigenvalue weighted by molar-refractivity contribution is 0.203. The van der Waals surface area contributed by atoms with Gasteiger partial charge in [0.15, 0.2) is 0 Å². The summed E-state index contributed by atoms with van der Waals surface area (Å²) in [5, 5.41) is 0. The molecule has 0 saturated heterocycles. The Morgan fingerprint density at radius 3 is 2.45 bits per heavy atom. The van der Waals surface area contributed by atoms with E-state index in [1.54, 1.807) is 7.11 Å². The smallest absolute Gasteiger partial charge is 0.0502 e. The van der Waals surface area contributed by atoms with Crippen LogP contribution in [0.5, 0.6) is 0 Å². The highest BCUT2D eigenvalue weighted by Gasteiger charge is 1.86. The van der Waals surface area contributed by atoms with Crippen molar-refractivity contribution in [3.05, 3.63) is 36.5 Å². The Hall–Kier alpha value is -0.820. The molecule has 62 valence electrons. The predicted molar refractivity (Wildman–Crippen MR) is 49.6 cm³/mol. The van der Waals surface area contributed by atoms with Gasteiger partial charge in [0.1, 0.15) is 0 Å². The van der Waals surface area contributed by atoms with Crippen molar-refractivity contribution >= 4 is 0 Å². The summed E-state index contributed by atoms with van der Waals surface area (Å²) in [6, 6.07) is 0. The maximum atomic E-state index is 4.90. The minimum absolute atomic E-state index is 0.735. The van der Waals surface area contributed by atoms with Crippen molar-refractivity contribution in [2.24, 2.45) is 0 Å². The van der Waals surface area contributed by atoms with Crippen LogP contribution in [0, 0.1) is 0 Å². The third kappa shape index (κ3) is 7.07. The van der Waals surface area contributed by atoms with E-state index in [9.17, 15) is 0 Å². The van der Waals surface area contributed by atoms with E-state index < -0.39 is 0 Å². The van der Waals surface area contributed by atoms with Crippen molar-refractivity contribution in [3.63, 3.8) is 0 Å². The number of allylic oxidation sites excluding steroid dienone is 3. The zero-order valence-electron chi connectivity index (χ0n) is 7.39. The lowest BCUT2D eigenvalue weighted by Crippen LogP contribution is -1.88. The third-order valence-electron chi connectivity index (χ3n) is 1.23. The quantitative estimate of drug-likeness (QED) is 0.550. The molecule has 0 aromatic carbocycles. The van der Waals surface area contributed by atoms with E-state index in [1.165, 1.54) is 0 Å². The fraction of sp³-hybridized carbons (Fsp3) is 0.400. The van der Waals surface area contributed by atoms with E-state index in [0.29, 0.717) is 0 Å². The monoisotopic (exact) mass is 152 g/mol. The minimum Gasteiger partial charge on any atom is -0.384 e. The van der Waals surface area contributed by atoms with E-state index in [-0.39, 0.29) is 0 Å². The van der Waals surface area contributed by atoms with Crippen molar-refractivity contribution in [2.45, 2.75) is 13.3 Å². The molecule has 0 radical (unpaired) electrons. The van der Waals surface area contributed by atoms with Crippen LogP contribution in [0.1, 0.15) is 13.3 Å². The zero-order valence-corrected chi connectivity index (χ0v) is 7.39. The molecule has 1 heteroatoms. The molecular formula is C10H16O. The summed E-state index contributed by atoms with van der Waals surface area (Å²) >= 11 is 0. The number of methoxy groups -OCH3 is 1. The summed E-state index contributed by atoms with van der Waals surface area (Å²) < 4.78 is 4.90. The maximum absolute atomic E-state index is 4.90. The first-order valence-corrected chi connectivity index (χ1v) is 3.67. The van der Waals surface area contributed by atoms with E-state index in [1.807, 2.05) is 19.1 Å². The van der Waals surface area contributed by atoms with Crippen molar-refractivity contribution in [1.29, 1.82) is 0 Å². The third-order valence-corrected chi connectivity index (χ3v) is 1.23. The summed E-state index contributed by atoms with van der Waals surface area (Å²) in [6.07, 6.45) is 4.82. The molecule has 0 unspecified atom stereocenters. The largest absolute Gasteiger partial charge is 0.384 e. The van der Waals surface area contributed by atoms with Gasteiger partial charge in [0, 0.05) is 7.11 Å². The maximum Gasteiger partial charge on any atom is 0.0502 e. The second kappa shape index (κ2) is 5.93. The van der Waals surface area contributed by atoms with E-state index in [2.05, 4.69) is 13.2 Å². The molecule has 0 aromatic heterocycles. The molecule has 0 saturated carbocycles. The van der Waals surface area contributed by atoms with Gasteiger partial charge in [-0.15, -0.1) is 0 Å². The molecule has 0 amide bonds. The van der Waals surface area contributed by atoms with E-state index in [4.69, 9.17) is 4.74 Å². The lowest BCUT2D eigenvalue weighted by Gasteiger charge is -1.97. The Bertz CT molecular complexity index is 166. The summed E-state index contributed by atoms with van der Waals surface area (Å²) in [5.74, 6) is 0. The van der Waals surface area contributed by atoms with Gasteiger partial charge >= 0.3 is 0 Å². The van der Waals surface area contributed by atoms with Crippen LogP contribution in [0.4, 0.5) is 0 Å². The Labute approximate surface area is 69.1 Å². The predicted octanol–water partition coefficient (Wildman–Crippen LogP) is 2.71. The van der Waals surface area contributed by atoms with Crippen LogP contribution in [0.2, 0.25) is 0 Å². The van der Waals surface area contributed by atoms with Crippen LogP contribution >= 0.6 is 0 Å². The first-order chi connectivity index (χ1) is 5.16. The molecule has 0 aliphatic carbocycles. The molecule has 1 nitrogen and oxygen atoms in total. The van der Waals surface area contributed by atoms with Crippen LogP contribution in [0.3, 0.4) is 0 Å². The highest BCUT2D eigenvalue weighted by molar-refractivity contribution is 5.22. The standard InChI is InChI=1S/C10H16O/c1-9(2)5-6-10(3)7-8-11-4/h5-6H,1,3,7-8H2,2,4H3/b6-5-. The van der Waals surface area contributed by atoms with Crippen molar-refractivity contribution in [3.8, 4) is 0 Å². The van der Waals surface area contributed by atoms with Gasteiger partial charge in [-0.1, -0.05) is 36.5 Å². The fourth-order valence-electron chi connectivity index (χ4n) is 0.577. The topological polar surface area (TPSA) is 9.23 Å². The highest BCUT2D eigenvalue weighted by atomic mass is 16.5. The second-order valence-electron chi connectivity index (χ2n) is 2.58. The van der Waals surface area contributed by atoms with Gasteiger partial charge in [-0.2, -0.15) is 0 Å². The van der Waals surface area contributed by atoms with Gasteiger partial charge in [-0.3, -0.25) is 0 Å². The van der Waals surface area contributed by atoms with Crippen LogP contribution < -0.4 is 0 Å². The number of rotatable bonds is 5. The molecule has 0 aliphatic heterocycles. The van der Waals surface area contributed by atoms with E-state index >= 15 is 0 Å². The Morgan fingerprint density at radius 1 is 1.36 bits per heavy atom. The molecule has 0 rings (SSSR count). The molecule has 0 bridgehead atoms. The van der Waals surface area contributed by atoms with Crippen LogP contribution in [0.15, 0.2) is 36.5 Å². The molecule has 0 fully saturated rings. The molecular weight excluding hydrogens is 136 g/mol. The molecule has 0 aliphatic rings. The molecule has 0 spiro atoms. The van der Waals surface area contributed by atoms with Gasteiger partial charge in [-0.05, 0) is 13.3 Å². The minimum atomic E-state index is 0.735. The van der Waals surface area contributed by atoms with E-state index in [0.717, 1.165) is 24.2 Å². The first-order valence-electron chi connectivity index (χ1n) is 3.67. The first kappa shape index (κ1) is 10.2. The summed E-state index contributed by atoms with van der Waals surface area (Å²) in [7, 11) is 1.69. The average Bonchev–Trinajstić information content (AvgIpc) is 1.97. The fourth-order valence-corrected chi connectivity index (χ4v) is 0.577. The number of hydrogen-bond acceptors (Lipinski definition) is 1. The Balaban J connectivity index is 3.60. The summed E-state index contributed by atoms with van der Waals surface area (Å²) in [4.78, 5) is 0. The second-order valence-corrected chi connectivity index (χ2v) is 2.58. The SMILES string of the molecule is C=C(C)/C=C\C(=C)CCOC. The number of ether oxygens (including phenoxy) is 1. The van der Waals surface area contributed by atoms with Gasteiger partial charge in [0.25, 0.3) is 0 Å². The van der Waals surface area contributed by atoms with Gasteiger partial charge in [0.05, 0.1) is 6.61 Å². The molecule has 0 atom stereocenters. The average molecular weight is 152 g/mol. The Kier molecular flexibility index (Phi) is 5.49. The number of hydrogen-bond donors (Lipinski definition) is 0. The normalized spacial score (nSPS) is 10.4. The van der Waals surface area contributed by atoms with Crippen molar-refractivity contribution in [2.75, 3.05) is 13.7 Å². The lowest BCUT2D eigenvalue weighted by atomic mass is 10.2. The van der Waals surface area contributed by atoms with Crippen LogP contribution in [-0.2, 0) is 4.74 Å². The van der Waals surface area contributed by atoms with Gasteiger partial charge in [0.2, 0.25) is 0 Å². The Morgan fingerprint density at radius 2 is 2.00 bits per heavy atom. The van der Waals surface area contributed by atoms with Crippen molar-refractivity contribution < 1.29 is 4.74 Å². The molecule has 11 heavy (non-hydrogen) atoms. The summed E-state index contributed by atoms with van der Waals surface area (Å²) in [5.41, 5.74) is 2.12. The van der Waals surface area contributed by atoms with Crippen molar-refractivity contribution in [1.82, 2.24) is 0 Å². The van der Waals surface area contributed by atoms with Crippen LogP contribution in [-0.4, -0.2) is 13.7 Å². The van der Waals surface area contributed by atoms with Gasteiger partial charge in [-0.25, -0.2) is 0 Å². The van der Waals surface area contributed by atoms with Gasteiger partial charge < -0.3 is 4.74 Å². The molecule has 0 aromatic rings. The molecule has 0 heterocycles. The summed E-state index contributed by atoms with van der Waals surface area (Å²) in [6.45, 7) is 10.3. The van der Waals surface area contributed by atoms with Crippen LogP contribution in [0.25, 0.3) is 0 Å². The molecule has 0 N–H and O–H groups in total. The zero-order chi connectivity index (χ0) is 8.69. The highest BCUT2D eigenvalue weighted by Crippen LogP contribution is 2.01.